The summed E-state index contributed by atoms with van der Waals surface area (Å²) in [6.07, 6.45) is 2.48. The summed E-state index contributed by atoms with van der Waals surface area (Å²) in [4.78, 5) is 27.2. The van der Waals surface area contributed by atoms with E-state index in [0.717, 1.165) is 25.9 Å². The van der Waals surface area contributed by atoms with Gasteiger partial charge in [0.15, 0.2) is 5.54 Å². The SMILES string of the molecule is CCN(C(C)=O)C1(C(=O)O)CCN2CCCC21. The minimum atomic E-state index is -0.989. The number of carbonyl (C=O) groups is 2. The van der Waals surface area contributed by atoms with Crippen molar-refractivity contribution < 1.29 is 14.7 Å². The van der Waals surface area contributed by atoms with Gasteiger partial charge in [0, 0.05) is 26.1 Å². The Balaban J connectivity index is 2.39. The van der Waals surface area contributed by atoms with Gasteiger partial charge in [0.2, 0.25) is 5.91 Å². The molecular weight excluding hydrogens is 220 g/mol. The Morgan fingerprint density at radius 3 is 2.71 bits per heavy atom. The first-order valence-corrected chi connectivity index (χ1v) is 6.29. The van der Waals surface area contributed by atoms with E-state index in [1.807, 2.05) is 6.92 Å². The maximum Gasteiger partial charge on any atom is 0.331 e. The molecule has 0 aromatic rings. The van der Waals surface area contributed by atoms with Crippen molar-refractivity contribution in [1.29, 1.82) is 0 Å². The Hall–Kier alpha value is -1.10. The zero-order valence-electron chi connectivity index (χ0n) is 10.5. The van der Waals surface area contributed by atoms with Crippen LogP contribution in [0.3, 0.4) is 0 Å². The number of carboxylic acids is 1. The third kappa shape index (κ3) is 1.64. The summed E-state index contributed by atoms with van der Waals surface area (Å²) < 4.78 is 0. The average molecular weight is 240 g/mol. The zero-order valence-corrected chi connectivity index (χ0v) is 10.5. The van der Waals surface area contributed by atoms with Gasteiger partial charge in [-0.05, 0) is 32.7 Å². The van der Waals surface area contributed by atoms with Crippen LogP contribution < -0.4 is 0 Å². The Morgan fingerprint density at radius 1 is 1.47 bits per heavy atom. The summed E-state index contributed by atoms with van der Waals surface area (Å²) in [6.45, 7) is 5.54. The summed E-state index contributed by atoms with van der Waals surface area (Å²) in [6, 6.07) is 0.00356. The molecule has 0 radical (unpaired) electrons. The molecular formula is C12H20N2O3. The monoisotopic (exact) mass is 240 g/mol. The fourth-order valence-electron chi connectivity index (χ4n) is 3.58. The Labute approximate surface area is 101 Å². The molecule has 5 nitrogen and oxygen atoms in total. The van der Waals surface area contributed by atoms with Crippen molar-refractivity contribution in [1.82, 2.24) is 9.80 Å². The van der Waals surface area contributed by atoms with Crippen LogP contribution in [0.25, 0.3) is 0 Å². The van der Waals surface area contributed by atoms with Crippen LogP contribution in [0.4, 0.5) is 0 Å². The highest BCUT2D eigenvalue weighted by atomic mass is 16.4. The van der Waals surface area contributed by atoms with Crippen LogP contribution >= 0.6 is 0 Å². The Morgan fingerprint density at radius 2 is 2.18 bits per heavy atom. The van der Waals surface area contributed by atoms with Crippen molar-refractivity contribution in [2.45, 2.75) is 44.7 Å². The van der Waals surface area contributed by atoms with Crippen molar-refractivity contribution in [3.8, 4) is 0 Å². The highest BCUT2D eigenvalue weighted by molar-refractivity contribution is 5.87. The number of carboxylic acid groups (broad SMARTS) is 1. The lowest BCUT2D eigenvalue weighted by Gasteiger charge is -2.40. The molecule has 2 aliphatic heterocycles. The summed E-state index contributed by atoms with van der Waals surface area (Å²) in [7, 11) is 0. The van der Waals surface area contributed by atoms with Gasteiger partial charge in [-0.15, -0.1) is 0 Å². The molecule has 0 aromatic heterocycles. The van der Waals surface area contributed by atoms with E-state index >= 15 is 0 Å². The molecule has 1 amide bonds. The number of hydrogen-bond donors (Lipinski definition) is 1. The quantitative estimate of drug-likeness (QED) is 0.782. The van der Waals surface area contributed by atoms with E-state index < -0.39 is 11.5 Å². The van der Waals surface area contributed by atoms with Crippen LogP contribution in [0, 0.1) is 0 Å². The van der Waals surface area contributed by atoms with Crippen LogP contribution in [0.5, 0.6) is 0 Å². The first-order valence-electron chi connectivity index (χ1n) is 6.29. The number of likely N-dealkylation sites (N-methyl/N-ethyl adjacent to an activating group) is 1. The lowest BCUT2D eigenvalue weighted by molar-refractivity contribution is -0.160. The highest BCUT2D eigenvalue weighted by Gasteiger charge is 2.58. The van der Waals surface area contributed by atoms with Crippen molar-refractivity contribution in [2.24, 2.45) is 0 Å². The summed E-state index contributed by atoms with van der Waals surface area (Å²) in [5, 5.41) is 9.64. The van der Waals surface area contributed by atoms with E-state index in [2.05, 4.69) is 4.90 Å². The first-order chi connectivity index (χ1) is 8.04. The maximum atomic E-state index is 11.8. The standard InChI is InChI=1S/C12H20N2O3/c1-3-14(9(2)15)12(11(16)17)6-8-13-7-4-5-10(12)13/h10H,3-8H2,1-2H3,(H,16,17). The fraction of sp³-hybridized carbons (Fsp3) is 0.833. The normalized spacial score (nSPS) is 32.5. The second-order valence-corrected chi connectivity index (χ2v) is 4.94. The van der Waals surface area contributed by atoms with Crippen LogP contribution in [0.15, 0.2) is 0 Å². The van der Waals surface area contributed by atoms with Gasteiger partial charge in [-0.3, -0.25) is 9.69 Å². The molecule has 2 unspecified atom stereocenters. The van der Waals surface area contributed by atoms with E-state index in [-0.39, 0.29) is 11.9 Å². The van der Waals surface area contributed by atoms with E-state index in [1.54, 1.807) is 4.90 Å². The van der Waals surface area contributed by atoms with Gasteiger partial charge in [0.05, 0.1) is 0 Å². The number of nitrogens with zero attached hydrogens (tertiary/aromatic N) is 2. The molecule has 1 N–H and O–H groups in total. The molecule has 0 saturated carbocycles. The number of rotatable bonds is 3. The van der Waals surface area contributed by atoms with Crippen molar-refractivity contribution in [2.75, 3.05) is 19.6 Å². The van der Waals surface area contributed by atoms with E-state index in [0.29, 0.717) is 13.0 Å². The van der Waals surface area contributed by atoms with Gasteiger partial charge >= 0.3 is 5.97 Å². The average Bonchev–Trinajstić information content (AvgIpc) is 2.81. The maximum absolute atomic E-state index is 11.8. The third-order valence-corrected chi connectivity index (χ3v) is 4.24. The van der Waals surface area contributed by atoms with Gasteiger partial charge < -0.3 is 10.0 Å². The molecule has 17 heavy (non-hydrogen) atoms. The highest BCUT2D eigenvalue weighted by Crippen LogP contribution is 2.40. The molecule has 96 valence electrons. The van der Waals surface area contributed by atoms with Crippen molar-refractivity contribution >= 4 is 11.9 Å². The Kier molecular flexibility index (Phi) is 3.12. The molecule has 2 aliphatic rings. The fourth-order valence-corrected chi connectivity index (χ4v) is 3.58. The predicted octanol–water partition coefficient (Wildman–Crippen LogP) is 0.546. The smallest absolute Gasteiger partial charge is 0.331 e. The van der Waals surface area contributed by atoms with Gasteiger partial charge in [0.25, 0.3) is 0 Å². The molecule has 0 aromatic carbocycles. The summed E-state index contributed by atoms with van der Waals surface area (Å²) in [5.41, 5.74) is -0.989. The van der Waals surface area contributed by atoms with Gasteiger partial charge in [-0.1, -0.05) is 0 Å². The third-order valence-electron chi connectivity index (χ3n) is 4.24. The number of fused-ring (bicyclic) bond motifs is 1. The predicted molar refractivity (Wildman–Crippen MR) is 62.6 cm³/mol. The number of hydrogen-bond acceptors (Lipinski definition) is 3. The van der Waals surface area contributed by atoms with Crippen LogP contribution in [0.1, 0.15) is 33.1 Å². The molecule has 0 aliphatic carbocycles. The molecule has 2 rings (SSSR count). The van der Waals surface area contributed by atoms with Crippen molar-refractivity contribution in [3.05, 3.63) is 0 Å². The van der Waals surface area contributed by atoms with Crippen LogP contribution in [-0.4, -0.2) is 58.0 Å². The lowest BCUT2D eigenvalue weighted by Crippen LogP contribution is -2.62. The van der Waals surface area contributed by atoms with E-state index in [1.165, 1.54) is 6.92 Å². The molecule has 2 saturated heterocycles. The van der Waals surface area contributed by atoms with Crippen LogP contribution in [0.2, 0.25) is 0 Å². The molecule has 2 heterocycles. The zero-order chi connectivity index (χ0) is 12.6. The summed E-state index contributed by atoms with van der Waals surface area (Å²) in [5.74, 6) is -0.979. The molecule has 0 spiro atoms. The minimum Gasteiger partial charge on any atom is -0.479 e. The Bertz CT molecular complexity index is 345. The van der Waals surface area contributed by atoms with Crippen LogP contribution in [-0.2, 0) is 9.59 Å². The summed E-state index contributed by atoms with van der Waals surface area (Å²) >= 11 is 0. The van der Waals surface area contributed by atoms with Gasteiger partial charge in [-0.25, -0.2) is 4.79 Å². The molecule has 2 atom stereocenters. The molecule has 2 fully saturated rings. The van der Waals surface area contributed by atoms with Gasteiger partial charge in [-0.2, -0.15) is 0 Å². The largest absolute Gasteiger partial charge is 0.479 e. The topological polar surface area (TPSA) is 60.9 Å². The molecule has 5 heteroatoms. The van der Waals surface area contributed by atoms with E-state index in [9.17, 15) is 14.7 Å². The number of aliphatic carboxylic acids is 1. The van der Waals surface area contributed by atoms with E-state index in [4.69, 9.17) is 0 Å². The lowest BCUT2D eigenvalue weighted by atomic mass is 9.86. The minimum absolute atomic E-state index is 0.00356. The second-order valence-electron chi connectivity index (χ2n) is 4.94. The number of carbonyl (C=O) groups excluding carboxylic acids is 1. The second kappa shape index (κ2) is 4.29. The van der Waals surface area contributed by atoms with Crippen molar-refractivity contribution in [3.63, 3.8) is 0 Å². The molecule has 0 bridgehead atoms. The van der Waals surface area contributed by atoms with Gasteiger partial charge in [0.1, 0.15) is 0 Å². The number of amides is 1. The first kappa shape index (κ1) is 12.4.